The second-order valence-electron chi connectivity index (χ2n) is 7.64. The Hall–Kier alpha value is -4.12. The maximum Gasteiger partial charge on any atom is 0.416 e. The minimum atomic E-state index is -4.52. The first kappa shape index (κ1) is 24.0. The summed E-state index contributed by atoms with van der Waals surface area (Å²) in [6.45, 7) is 0. The third kappa shape index (κ3) is 5.69. The maximum absolute atomic E-state index is 12.9. The van der Waals surface area contributed by atoms with Crippen molar-refractivity contribution in [1.82, 2.24) is 9.78 Å². The van der Waals surface area contributed by atoms with Gasteiger partial charge in [0.25, 0.3) is 0 Å². The molecule has 7 nitrogen and oxygen atoms in total. The maximum atomic E-state index is 12.9. The van der Waals surface area contributed by atoms with E-state index in [1.165, 1.54) is 24.3 Å². The summed E-state index contributed by atoms with van der Waals surface area (Å²) in [6, 6.07) is 16.7. The van der Waals surface area contributed by atoms with Crippen LogP contribution in [0.3, 0.4) is 0 Å². The molecule has 2 N–H and O–H groups in total. The van der Waals surface area contributed by atoms with E-state index in [1.54, 1.807) is 53.5 Å². The number of alkyl halides is 3. The molecule has 0 saturated carbocycles. The van der Waals surface area contributed by atoms with E-state index >= 15 is 0 Å². The number of para-hydroxylation sites is 1. The molecule has 0 aliphatic heterocycles. The van der Waals surface area contributed by atoms with E-state index in [2.05, 4.69) is 15.7 Å². The van der Waals surface area contributed by atoms with Gasteiger partial charge in [-0.3, -0.25) is 0 Å². The van der Waals surface area contributed by atoms with Crippen LogP contribution in [0.1, 0.15) is 5.56 Å². The summed E-state index contributed by atoms with van der Waals surface area (Å²) in [5.74, 6) is 0. The monoisotopic (exact) mass is 500 g/mol. The van der Waals surface area contributed by atoms with Crippen LogP contribution in [0.2, 0.25) is 0 Å². The fourth-order valence-corrected chi connectivity index (χ4v) is 3.98. The molecule has 0 unspecified atom stereocenters. The average Bonchev–Trinajstić information content (AvgIpc) is 3.29. The van der Waals surface area contributed by atoms with Gasteiger partial charge in [0, 0.05) is 29.3 Å². The lowest BCUT2D eigenvalue weighted by atomic mass is 10.1. The Bertz CT molecular complexity index is 1480. The fourth-order valence-electron chi connectivity index (χ4n) is 3.35. The van der Waals surface area contributed by atoms with Crippen LogP contribution in [0.5, 0.6) is 0 Å². The Morgan fingerprint density at radius 1 is 0.943 bits per heavy atom. The predicted molar refractivity (Wildman–Crippen MR) is 126 cm³/mol. The fraction of sp³-hybridized carbons (Fsp3) is 0.0833. The zero-order chi connectivity index (χ0) is 25.2. The Balaban J connectivity index is 1.53. The van der Waals surface area contributed by atoms with Crippen LogP contribution in [0, 0.1) is 0 Å². The average molecular weight is 501 g/mol. The molecule has 0 spiro atoms. The normalized spacial score (nSPS) is 11.8. The molecule has 0 fully saturated rings. The lowest BCUT2D eigenvalue weighted by molar-refractivity contribution is -0.137. The van der Waals surface area contributed by atoms with Crippen molar-refractivity contribution < 1.29 is 26.4 Å². The van der Waals surface area contributed by atoms with Crippen molar-refractivity contribution >= 4 is 27.2 Å². The van der Waals surface area contributed by atoms with Gasteiger partial charge in [0.2, 0.25) is 0 Å². The third-order valence-corrected chi connectivity index (χ3v) is 6.17. The SMILES string of the molecule is CS(=O)(=O)c1ccc(-n2cc(-c3ccccc3NC(=O)Nc3cccc(C(F)(F)F)c3)cn2)cc1. The number of anilines is 2. The van der Waals surface area contributed by atoms with E-state index in [0.29, 0.717) is 22.5 Å². The van der Waals surface area contributed by atoms with Crippen LogP contribution >= 0.6 is 0 Å². The Labute approximate surface area is 199 Å². The minimum Gasteiger partial charge on any atom is -0.308 e. The van der Waals surface area contributed by atoms with E-state index in [1.807, 2.05) is 0 Å². The van der Waals surface area contributed by atoms with Gasteiger partial charge in [0.05, 0.1) is 28.0 Å². The Morgan fingerprint density at radius 3 is 2.34 bits per heavy atom. The molecule has 0 atom stereocenters. The molecule has 11 heteroatoms. The van der Waals surface area contributed by atoms with Crippen molar-refractivity contribution in [2.24, 2.45) is 0 Å². The molecule has 4 aromatic rings. The molecule has 35 heavy (non-hydrogen) atoms. The molecule has 0 bridgehead atoms. The number of halogens is 3. The van der Waals surface area contributed by atoms with Crippen LogP contribution < -0.4 is 10.6 Å². The van der Waals surface area contributed by atoms with E-state index in [-0.39, 0.29) is 10.6 Å². The number of hydrogen-bond acceptors (Lipinski definition) is 4. The quantitative estimate of drug-likeness (QED) is 0.373. The van der Waals surface area contributed by atoms with Crippen LogP contribution in [-0.4, -0.2) is 30.5 Å². The number of sulfone groups is 1. The van der Waals surface area contributed by atoms with Crippen molar-refractivity contribution in [2.45, 2.75) is 11.1 Å². The zero-order valence-corrected chi connectivity index (χ0v) is 19.1. The minimum absolute atomic E-state index is 0.000154. The number of amides is 2. The first-order chi connectivity index (χ1) is 16.5. The first-order valence-electron chi connectivity index (χ1n) is 10.2. The molecule has 0 saturated heterocycles. The standard InChI is InChI=1S/C24H19F3N4O3S/c1-35(33,34)20-11-9-19(10-12-20)31-15-16(14-28-31)21-7-2-3-8-22(21)30-23(32)29-18-6-4-5-17(13-18)24(25,26)27/h2-15H,1H3,(H2,29,30,32). The summed E-state index contributed by atoms with van der Waals surface area (Å²) in [6.07, 6.45) is -0.108. The molecule has 180 valence electrons. The van der Waals surface area contributed by atoms with Gasteiger partial charge >= 0.3 is 12.2 Å². The molecule has 1 aromatic heterocycles. The summed E-state index contributed by atoms with van der Waals surface area (Å²) in [5, 5.41) is 9.37. The predicted octanol–water partition coefficient (Wildman–Crippen LogP) is 5.61. The molecular weight excluding hydrogens is 481 g/mol. The number of aromatic nitrogens is 2. The number of carbonyl (C=O) groups is 1. The van der Waals surface area contributed by atoms with Gasteiger partial charge < -0.3 is 10.6 Å². The van der Waals surface area contributed by atoms with Crippen molar-refractivity contribution in [3.8, 4) is 16.8 Å². The van der Waals surface area contributed by atoms with Gasteiger partial charge in [-0.25, -0.2) is 17.9 Å². The molecule has 2 amide bonds. The molecule has 1 heterocycles. The summed E-state index contributed by atoms with van der Waals surface area (Å²) in [4.78, 5) is 12.7. The summed E-state index contributed by atoms with van der Waals surface area (Å²) < 4.78 is 63.7. The summed E-state index contributed by atoms with van der Waals surface area (Å²) in [7, 11) is -3.32. The summed E-state index contributed by atoms with van der Waals surface area (Å²) >= 11 is 0. The van der Waals surface area contributed by atoms with Crippen molar-refractivity contribution in [2.75, 3.05) is 16.9 Å². The van der Waals surface area contributed by atoms with Crippen molar-refractivity contribution in [3.63, 3.8) is 0 Å². The molecule has 0 aliphatic carbocycles. The van der Waals surface area contributed by atoms with Crippen LogP contribution in [0.25, 0.3) is 16.8 Å². The summed E-state index contributed by atoms with van der Waals surface area (Å²) in [5.41, 5.74) is 1.48. The number of nitrogens with one attached hydrogen (secondary N) is 2. The highest BCUT2D eigenvalue weighted by Crippen LogP contribution is 2.31. The van der Waals surface area contributed by atoms with Crippen LogP contribution in [0.4, 0.5) is 29.3 Å². The van der Waals surface area contributed by atoms with Gasteiger partial charge in [-0.15, -0.1) is 0 Å². The van der Waals surface area contributed by atoms with Crippen LogP contribution in [-0.2, 0) is 16.0 Å². The van der Waals surface area contributed by atoms with Gasteiger partial charge in [0.1, 0.15) is 0 Å². The number of nitrogens with zero attached hydrogens (tertiary/aromatic N) is 2. The van der Waals surface area contributed by atoms with E-state index < -0.39 is 27.6 Å². The lowest BCUT2D eigenvalue weighted by Gasteiger charge is -2.12. The van der Waals surface area contributed by atoms with Gasteiger partial charge in [-0.2, -0.15) is 18.3 Å². The number of hydrogen-bond donors (Lipinski definition) is 2. The molecule has 0 radical (unpaired) electrons. The smallest absolute Gasteiger partial charge is 0.308 e. The molecule has 0 aliphatic rings. The van der Waals surface area contributed by atoms with E-state index in [4.69, 9.17) is 0 Å². The third-order valence-electron chi connectivity index (χ3n) is 5.05. The lowest BCUT2D eigenvalue weighted by Crippen LogP contribution is -2.20. The van der Waals surface area contributed by atoms with Gasteiger partial charge in [-0.05, 0) is 48.5 Å². The highest BCUT2D eigenvalue weighted by molar-refractivity contribution is 7.90. The number of urea groups is 1. The highest BCUT2D eigenvalue weighted by atomic mass is 32.2. The van der Waals surface area contributed by atoms with Crippen molar-refractivity contribution in [3.05, 3.63) is 90.8 Å². The first-order valence-corrected chi connectivity index (χ1v) is 12.1. The van der Waals surface area contributed by atoms with E-state index in [9.17, 15) is 26.4 Å². The van der Waals surface area contributed by atoms with E-state index in [0.717, 1.165) is 18.4 Å². The van der Waals surface area contributed by atoms with Crippen LogP contribution in [0.15, 0.2) is 90.1 Å². The second kappa shape index (κ2) is 9.26. The zero-order valence-electron chi connectivity index (χ0n) is 18.2. The van der Waals surface area contributed by atoms with Gasteiger partial charge in [0.15, 0.2) is 9.84 Å². The Morgan fingerprint density at radius 2 is 1.66 bits per heavy atom. The van der Waals surface area contributed by atoms with Crippen molar-refractivity contribution in [1.29, 1.82) is 0 Å². The topological polar surface area (TPSA) is 93.1 Å². The Kier molecular flexibility index (Phi) is 6.35. The highest BCUT2D eigenvalue weighted by Gasteiger charge is 2.30. The molecule has 3 aromatic carbocycles. The molecule has 4 rings (SSSR count). The second-order valence-corrected chi connectivity index (χ2v) is 9.66. The number of carbonyl (C=O) groups excluding carboxylic acids is 1. The van der Waals surface area contributed by atoms with Gasteiger partial charge in [-0.1, -0.05) is 24.3 Å². The molecular formula is C24H19F3N4O3S. The largest absolute Gasteiger partial charge is 0.416 e. The number of benzene rings is 3. The number of rotatable bonds is 5.